The van der Waals surface area contributed by atoms with Crippen molar-refractivity contribution in [3.8, 4) is 0 Å². The number of carbonyl (C=O) groups is 1. The number of hydrogen-bond donors (Lipinski definition) is 2. The van der Waals surface area contributed by atoms with Crippen molar-refractivity contribution >= 4 is 5.91 Å². The molecular formula is C13H19N3O. The Labute approximate surface area is 102 Å². The van der Waals surface area contributed by atoms with Gasteiger partial charge in [0.15, 0.2) is 0 Å². The van der Waals surface area contributed by atoms with Gasteiger partial charge in [-0.2, -0.15) is 0 Å². The Morgan fingerprint density at radius 1 is 1.29 bits per heavy atom. The summed E-state index contributed by atoms with van der Waals surface area (Å²) in [6.45, 7) is 2.30. The molecule has 0 bridgehead atoms. The summed E-state index contributed by atoms with van der Waals surface area (Å²) in [6.07, 6.45) is 1.94. The predicted octanol–water partition coefficient (Wildman–Crippen LogP) is 0.595. The second-order valence-corrected chi connectivity index (χ2v) is 4.55. The molecule has 0 aliphatic carbocycles. The standard InChI is InChI=1S/C13H19N3O/c14-8-10-3-5-11(6-4-10)9-16-7-1-2-12(16)13(15)17/h3-6,12H,1-2,7-9,14H2,(H2,15,17). The van der Waals surface area contributed by atoms with Gasteiger partial charge in [0.25, 0.3) is 0 Å². The number of amides is 1. The van der Waals surface area contributed by atoms with Gasteiger partial charge < -0.3 is 11.5 Å². The maximum absolute atomic E-state index is 11.3. The van der Waals surface area contributed by atoms with Crippen LogP contribution in [-0.2, 0) is 17.9 Å². The summed E-state index contributed by atoms with van der Waals surface area (Å²) in [5, 5.41) is 0. The molecule has 1 saturated heterocycles. The van der Waals surface area contributed by atoms with E-state index < -0.39 is 0 Å². The summed E-state index contributed by atoms with van der Waals surface area (Å²) in [4.78, 5) is 13.4. The van der Waals surface area contributed by atoms with Crippen molar-refractivity contribution < 1.29 is 4.79 Å². The van der Waals surface area contributed by atoms with E-state index in [0.29, 0.717) is 6.54 Å². The average molecular weight is 233 g/mol. The first kappa shape index (κ1) is 12.1. The molecule has 1 amide bonds. The Morgan fingerprint density at radius 2 is 1.94 bits per heavy atom. The van der Waals surface area contributed by atoms with E-state index in [1.807, 2.05) is 12.1 Å². The van der Waals surface area contributed by atoms with Crippen LogP contribution >= 0.6 is 0 Å². The van der Waals surface area contributed by atoms with Crippen LogP contribution < -0.4 is 11.5 Å². The number of benzene rings is 1. The number of rotatable bonds is 4. The lowest BCUT2D eigenvalue weighted by atomic mass is 10.1. The fourth-order valence-electron chi connectivity index (χ4n) is 2.35. The fraction of sp³-hybridized carbons (Fsp3) is 0.462. The van der Waals surface area contributed by atoms with E-state index in [0.717, 1.165) is 31.5 Å². The smallest absolute Gasteiger partial charge is 0.234 e. The van der Waals surface area contributed by atoms with Crippen LogP contribution in [0.3, 0.4) is 0 Å². The molecule has 0 aromatic heterocycles. The maximum atomic E-state index is 11.3. The van der Waals surface area contributed by atoms with Crippen molar-refractivity contribution in [1.82, 2.24) is 4.90 Å². The normalized spacial score (nSPS) is 20.6. The highest BCUT2D eigenvalue weighted by Crippen LogP contribution is 2.19. The lowest BCUT2D eigenvalue weighted by Gasteiger charge is -2.21. The molecule has 92 valence electrons. The summed E-state index contributed by atoms with van der Waals surface area (Å²) in [6, 6.07) is 8.11. The first-order valence-corrected chi connectivity index (χ1v) is 6.02. The number of nitrogens with two attached hydrogens (primary N) is 2. The number of primary amides is 1. The van der Waals surface area contributed by atoms with Crippen molar-refractivity contribution in [2.75, 3.05) is 6.54 Å². The summed E-state index contributed by atoms with van der Waals surface area (Å²) < 4.78 is 0. The first-order chi connectivity index (χ1) is 8.20. The van der Waals surface area contributed by atoms with E-state index in [9.17, 15) is 4.79 Å². The van der Waals surface area contributed by atoms with Gasteiger partial charge in [-0.1, -0.05) is 24.3 Å². The molecular weight excluding hydrogens is 214 g/mol. The third kappa shape index (κ3) is 2.84. The van der Waals surface area contributed by atoms with E-state index in [2.05, 4.69) is 17.0 Å². The first-order valence-electron chi connectivity index (χ1n) is 6.02. The number of carbonyl (C=O) groups excluding carboxylic acids is 1. The molecule has 4 N–H and O–H groups in total. The molecule has 1 aliphatic heterocycles. The molecule has 4 heteroatoms. The van der Waals surface area contributed by atoms with Gasteiger partial charge in [-0.3, -0.25) is 9.69 Å². The molecule has 1 aromatic carbocycles. The van der Waals surface area contributed by atoms with Gasteiger partial charge in [0.2, 0.25) is 5.91 Å². The summed E-state index contributed by atoms with van der Waals surface area (Å²) >= 11 is 0. The lowest BCUT2D eigenvalue weighted by Crippen LogP contribution is -2.39. The molecule has 1 atom stereocenters. The Morgan fingerprint density at radius 3 is 2.53 bits per heavy atom. The SMILES string of the molecule is NCc1ccc(CN2CCCC2C(N)=O)cc1. The van der Waals surface area contributed by atoms with Gasteiger partial charge in [-0.05, 0) is 30.5 Å². The van der Waals surface area contributed by atoms with Crippen molar-refractivity contribution in [3.63, 3.8) is 0 Å². The predicted molar refractivity (Wildman–Crippen MR) is 67.0 cm³/mol. The van der Waals surface area contributed by atoms with Gasteiger partial charge in [-0.25, -0.2) is 0 Å². The van der Waals surface area contributed by atoms with Crippen LogP contribution in [0.5, 0.6) is 0 Å². The molecule has 2 rings (SSSR count). The average Bonchev–Trinajstić information content (AvgIpc) is 2.78. The van der Waals surface area contributed by atoms with Crippen molar-refractivity contribution in [2.24, 2.45) is 11.5 Å². The highest BCUT2D eigenvalue weighted by Gasteiger charge is 2.28. The Balaban J connectivity index is 2.02. The molecule has 4 nitrogen and oxygen atoms in total. The minimum Gasteiger partial charge on any atom is -0.368 e. The van der Waals surface area contributed by atoms with E-state index in [1.54, 1.807) is 0 Å². The zero-order valence-corrected chi connectivity index (χ0v) is 9.93. The van der Waals surface area contributed by atoms with Crippen LogP contribution in [0.25, 0.3) is 0 Å². The van der Waals surface area contributed by atoms with Crippen LogP contribution in [0.1, 0.15) is 24.0 Å². The molecule has 1 heterocycles. The van der Waals surface area contributed by atoms with Crippen molar-refractivity contribution in [1.29, 1.82) is 0 Å². The van der Waals surface area contributed by atoms with Crippen LogP contribution in [-0.4, -0.2) is 23.4 Å². The van der Waals surface area contributed by atoms with Crippen molar-refractivity contribution in [2.45, 2.75) is 32.0 Å². The van der Waals surface area contributed by atoms with Gasteiger partial charge in [0.1, 0.15) is 0 Å². The molecule has 17 heavy (non-hydrogen) atoms. The fourth-order valence-corrected chi connectivity index (χ4v) is 2.35. The number of nitrogens with zero attached hydrogens (tertiary/aromatic N) is 1. The number of hydrogen-bond acceptors (Lipinski definition) is 3. The number of likely N-dealkylation sites (tertiary alicyclic amines) is 1. The zero-order valence-electron chi connectivity index (χ0n) is 9.93. The largest absolute Gasteiger partial charge is 0.368 e. The third-order valence-electron chi connectivity index (χ3n) is 3.34. The summed E-state index contributed by atoms with van der Waals surface area (Å²) in [5.41, 5.74) is 13.3. The van der Waals surface area contributed by atoms with Gasteiger partial charge >= 0.3 is 0 Å². The molecule has 0 spiro atoms. The van der Waals surface area contributed by atoms with Crippen LogP contribution in [0.4, 0.5) is 0 Å². The highest BCUT2D eigenvalue weighted by molar-refractivity contribution is 5.80. The third-order valence-corrected chi connectivity index (χ3v) is 3.34. The van der Waals surface area contributed by atoms with Crippen LogP contribution in [0.2, 0.25) is 0 Å². The molecule has 1 unspecified atom stereocenters. The second kappa shape index (κ2) is 5.29. The van der Waals surface area contributed by atoms with Gasteiger partial charge in [0, 0.05) is 13.1 Å². The highest BCUT2D eigenvalue weighted by atomic mass is 16.1. The lowest BCUT2D eigenvalue weighted by molar-refractivity contribution is -0.122. The molecule has 0 saturated carbocycles. The Bertz CT molecular complexity index is 388. The van der Waals surface area contributed by atoms with E-state index in [4.69, 9.17) is 11.5 Å². The second-order valence-electron chi connectivity index (χ2n) is 4.55. The minimum absolute atomic E-state index is 0.0933. The van der Waals surface area contributed by atoms with Crippen LogP contribution in [0, 0.1) is 0 Å². The molecule has 0 radical (unpaired) electrons. The minimum atomic E-state index is -0.207. The van der Waals surface area contributed by atoms with Crippen molar-refractivity contribution in [3.05, 3.63) is 35.4 Å². The zero-order chi connectivity index (χ0) is 12.3. The monoisotopic (exact) mass is 233 g/mol. The van der Waals surface area contributed by atoms with Gasteiger partial charge in [-0.15, -0.1) is 0 Å². The van der Waals surface area contributed by atoms with Crippen LogP contribution in [0.15, 0.2) is 24.3 Å². The molecule has 1 aromatic rings. The van der Waals surface area contributed by atoms with E-state index in [-0.39, 0.29) is 11.9 Å². The maximum Gasteiger partial charge on any atom is 0.234 e. The van der Waals surface area contributed by atoms with Gasteiger partial charge in [0.05, 0.1) is 6.04 Å². The van der Waals surface area contributed by atoms with E-state index >= 15 is 0 Å². The Kier molecular flexibility index (Phi) is 3.76. The summed E-state index contributed by atoms with van der Waals surface area (Å²) in [7, 11) is 0. The van der Waals surface area contributed by atoms with E-state index in [1.165, 1.54) is 5.56 Å². The molecule has 1 fully saturated rings. The molecule has 1 aliphatic rings. The topological polar surface area (TPSA) is 72.3 Å². The Hall–Kier alpha value is -1.39. The quantitative estimate of drug-likeness (QED) is 0.799. The summed E-state index contributed by atoms with van der Waals surface area (Å²) in [5.74, 6) is -0.207.